The van der Waals surface area contributed by atoms with Crippen molar-refractivity contribution in [3.8, 4) is 0 Å². The summed E-state index contributed by atoms with van der Waals surface area (Å²) in [5.74, 6) is -1.81. The third-order valence-corrected chi connectivity index (χ3v) is 8.10. The number of benzene rings is 1. The Hall–Kier alpha value is -1.93. The molecule has 160 valence electrons. The fraction of sp³-hybridized carbons (Fsp3) is 0.619. The summed E-state index contributed by atoms with van der Waals surface area (Å²) in [4.78, 5) is 24.7. The van der Waals surface area contributed by atoms with Crippen LogP contribution in [0.25, 0.3) is 0 Å². The normalized spacial score (nSPS) is 23.3. The maximum absolute atomic E-state index is 12.5. The number of nitrogens with zero attached hydrogens (tertiary/aromatic N) is 1. The van der Waals surface area contributed by atoms with Gasteiger partial charge >= 0.3 is 5.97 Å². The second kappa shape index (κ2) is 8.83. The standard InChI is InChI=1S/C21H29NO6S/c23-18-15-29(27,28)19(22(18)14-13-21(26)11-2-1-3-12-21)6-4-5-16-7-9-17(10-8-16)20(24)25/h7-10,19,26H,1-6,11-15H2,(H,24,25). The molecule has 0 bridgehead atoms. The van der Waals surface area contributed by atoms with Crippen LogP contribution in [0.4, 0.5) is 0 Å². The molecule has 2 N–H and O–H groups in total. The first-order valence-electron chi connectivity index (χ1n) is 10.3. The zero-order valence-corrected chi connectivity index (χ0v) is 17.4. The van der Waals surface area contributed by atoms with Crippen LogP contribution in [0.15, 0.2) is 24.3 Å². The van der Waals surface area contributed by atoms with Crippen LogP contribution in [0, 0.1) is 0 Å². The monoisotopic (exact) mass is 423 g/mol. The van der Waals surface area contributed by atoms with E-state index in [-0.39, 0.29) is 18.0 Å². The average molecular weight is 424 g/mol. The van der Waals surface area contributed by atoms with E-state index < -0.39 is 32.5 Å². The summed E-state index contributed by atoms with van der Waals surface area (Å²) < 4.78 is 25.0. The number of hydrogen-bond acceptors (Lipinski definition) is 5. The molecule has 1 aromatic carbocycles. The van der Waals surface area contributed by atoms with Crippen molar-refractivity contribution in [1.29, 1.82) is 0 Å². The molecule has 1 aromatic rings. The summed E-state index contributed by atoms with van der Waals surface area (Å²) in [7, 11) is -3.51. The van der Waals surface area contributed by atoms with E-state index in [9.17, 15) is 23.1 Å². The first-order valence-corrected chi connectivity index (χ1v) is 12.0. The van der Waals surface area contributed by atoms with Crippen LogP contribution in [0.2, 0.25) is 0 Å². The molecule has 1 aliphatic heterocycles. The van der Waals surface area contributed by atoms with E-state index in [0.29, 0.717) is 38.5 Å². The summed E-state index contributed by atoms with van der Waals surface area (Å²) in [6.07, 6.45) is 6.39. The Labute approximate surface area is 171 Å². The summed E-state index contributed by atoms with van der Waals surface area (Å²) >= 11 is 0. The topological polar surface area (TPSA) is 112 Å². The van der Waals surface area contributed by atoms with Crippen molar-refractivity contribution in [1.82, 2.24) is 4.90 Å². The number of carboxylic acids is 1. The number of carbonyl (C=O) groups excluding carboxylic acids is 1. The van der Waals surface area contributed by atoms with Crippen molar-refractivity contribution >= 4 is 21.7 Å². The van der Waals surface area contributed by atoms with E-state index >= 15 is 0 Å². The Bertz CT molecular complexity index is 842. The third-order valence-electron chi connectivity index (χ3n) is 6.13. The molecule has 2 fully saturated rings. The van der Waals surface area contributed by atoms with Crippen LogP contribution >= 0.6 is 0 Å². The Morgan fingerprint density at radius 1 is 1.14 bits per heavy atom. The zero-order valence-electron chi connectivity index (χ0n) is 16.5. The number of aromatic carboxylic acids is 1. The molecule has 7 nitrogen and oxygen atoms in total. The molecular weight excluding hydrogens is 394 g/mol. The maximum atomic E-state index is 12.5. The number of carboxylic acid groups (broad SMARTS) is 1. The number of aryl methyl sites for hydroxylation is 1. The Kier molecular flexibility index (Phi) is 6.63. The highest BCUT2D eigenvalue weighted by Gasteiger charge is 2.44. The Balaban J connectivity index is 1.58. The molecule has 8 heteroatoms. The van der Waals surface area contributed by atoms with Crippen LogP contribution < -0.4 is 0 Å². The molecule has 1 unspecified atom stereocenters. The quantitative estimate of drug-likeness (QED) is 0.664. The lowest BCUT2D eigenvalue weighted by molar-refractivity contribution is -0.129. The summed E-state index contributed by atoms with van der Waals surface area (Å²) in [5, 5.41) is 18.8. The molecule has 0 aromatic heterocycles. The molecule has 2 aliphatic rings. The Morgan fingerprint density at radius 2 is 1.79 bits per heavy atom. The summed E-state index contributed by atoms with van der Waals surface area (Å²) in [5.41, 5.74) is 0.353. The predicted molar refractivity (Wildman–Crippen MR) is 108 cm³/mol. The lowest BCUT2D eigenvalue weighted by atomic mass is 9.82. The van der Waals surface area contributed by atoms with Gasteiger partial charge in [0.25, 0.3) is 0 Å². The van der Waals surface area contributed by atoms with E-state index in [4.69, 9.17) is 5.11 Å². The van der Waals surface area contributed by atoms with Gasteiger partial charge in [0.05, 0.1) is 11.2 Å². The number of aliphatic hydroxyl groups is 1. The second-order valence-corrected chi connectivity index (χ2v) is 10.4. The Morgan fingerprint density at radius 3 is 2.41 bits per heavy atom. The number of amides is 1. The fourth-order valence-corrected chi connectivity index (χ4v) is 6.23. The van der Waals surface area contributed by atoms with Crippen LogP contribution in [0.5, 0.6) is 0 Å². The highest BCUT2D eigenvalue weighted by Crippen LogP contribution is 2.32. The molecule has 29 heavy (non-hydrogen) atoms. The van der Waals surface area contributed by atoms with Gasteiger partial charge in [-0.05, 0) is 56.2 Å². The van der Waals surface area contributed by atoms with Gasteiger partial charge in [0.2, 0.25) is 5.91 Å². The highest BCUT2D eigenvalue weighted by atomic mass is 32.2. The molecule has 0 radical (unpaired) electrons. The molecule has 0 spiro atoms. The van der Waals surface area contributed by atoms with Crippen molar-refractivity contribution in [3.05, 3.63) is 35.4 Å². The van der Waals surface area contributed by atoms with E-state index in [0.717, 1.165) is 24.8 Å². The van der Waals surface area contributed by atoms with Crippen LogP contribution in [-0.2, 0) is 21.1 Å². The van der Waals surface area contributed by atoms with E-state index in [1.165, 1.54) is 17.0 Å². The molecule has 1 aliphatic carbocycles. The number of sulfone groups is 1. The smallest absolute Gasteiger partial charge is 0.335 e. The molecule has 1 saturated carbocycles. The van der Waals surface area contributed by atoms with E-state index in [1.807, 2.05) is 0 Å². The van der Waals surface area contributed by atoms with E-state index in [1.54, 1.807) is 12.1 Å². The molecule has 1 heterocycles. The summed E-state index contributed by atoms with van der Waals surface area (Å²) in [6.45, 7) is 0.270. The minimum absolute atomic E-state index is 0.213. The van der Waals surface area contributed by atoms with Gasteiger partial charge < -0.3 is 15.1 Å². The lowest BCUT2D eigenvalue weighted by Crippen LogP contribution is -2.41. The number of rotatable bonds is 8. The van der Waals surface area contributed by atoms with Crippen LogP contribution in [-0.4, -0.2) is 58.7 Å². The van der Waals surface area contributed by atoms with Crippen molar-refractivity contribution in [2.24, 2.45) is 0 Å². The lowest BCUT2D eigenvalue weighted by Gasteiger charge is -2.34. The first-order chi connectivity index (χ1) is 13.7. The fourth-order valence-electron chi connectivity index (χ4n) is 4.39. The van der Waals surface area contributed by atoms with Crippen LogP contribution in [0.1, 0.15) is 67.3 Å². The SMILES string of the molecule is O=C(O)c1ccc(CCCC2N(CCC3(O)CCCCC3)C(=O)CS2(=O)=O)cc1. The van der Waals surface area contributed by atoms with Gasteiger partial charge in [0, 0.05) is 6.54 Å². The average Bonchev–Trinajstić information content (AvgIpc) is 2.89. The molecule has 1 atom stereocenters. The predicted octanol–water partition coefficient (Wildman–Crippen LogP) is 2.38. The van der Waals surface area contributed by atoms with Crippen molar-refractivity contribution in [2.75, 3.05) is 12.3 Å². The van der Waals surface area contributed by atoms with Crippen molar-refractivity contribution < 1.29 is 28.2 Å². The van der Waals surface area contributed by atoms with Gasteiger partial charge in [0.1, 0.15) is 11.1 Å². The summed E-state index contributed by atoms with van der Waals surface area (Å²) in [6, 6.07) is 6.53. The molecule has 3 rings (SSSR count). The van der Waals surface area contributed by atoms with Crippen molar-refractivity contribution in [3.63, 3.8) is 0 Å². The molecule has 1 saturated heterocycles. The van der Waals surface area contributed by atoms with Gasteiger partial charge in [-0.25, -0.2) is 13.2 Å². The third kappa shape index (κ3) is 5.36. The van der Waals surface area contributed by atoms with Crippen LogP contribution in [0.3, 0.4) is 0 Å². The zero-order chi connectivity index (χ0) is 21.1. The van der Waals surface area contributed by atoms with Gasteiger partial charge in [-0.15, -0.1) is 0 Å². The van der Waals surface area contributed by atoms with Gasteiger partial charge in [-0.1, -0.05) is 31.4 Å². The van der Waals surface area contributed by atoms with Crippen molar-refractivity contribution in [2.45, 2.75) is 68.8 Å². The highest BCUT2D eigenvalue weighted by molar-refractivity contribution is 7.93. The largest absolute Gasteiger partial charge is 0.478 e. The molecular formula is C21H29NO6S. The van der Waals surface area contributed by atoms with Gasteiger partial charge in [-0.2, -0.15) is 0 Å². The molecule has 1 amide bonds. The minimum atomic E-state index is -3.51. The van der Waals surface area contributed by atoms with E-state index in [2.05, 4.69) is 0 Å². The maximum Gasteiger partial charge on any atom is 0.335 e. The van der Waals surface area contributed by atoms with Gasteiger partial charge in [-0.3, -0.25) is 4.79 Å². The second-order valence-electron chi connectivity index (χ2n) is 8.28. The van der Waals surface area contributed by atoms with Gasteiger partial charge in [0.15, 0.2) is 9.84 Å². The number of hydrogen-bond donors (Lipinski definition) is 2. The number of carbonyl (C=O) groups is 2. The first kappa shape index (κ1) is 21.8. The minimum Gasteiger partial charge on any atom is -0.478 e.